The van der Waals surface area contributed by atoms with Gasteiger partial charge in [0.2, 0.25) is 0 Å². The van der Waals surface area contributed by atoms with E-state index in [-0.39, 0.29) is 0 Å². The lowest BCUT2D eigenvalue weighted by Crippen LogP contribution is -2.42. The molecule has 0 saturated heterocycles. The van der Waals surface area contributed by atoms with Crippen LogP contribution in [0.2, 0.25) is 0 Å². The summed E-state index contributed by atoms with van der Waals surface area (Å²) in [5, 5.41) is 7.56. The van der Waals surface area contributed by atoms with Gasteiger partial charge in [-0.25, -0.2) is 4.98 Å². The van der Waals surface area contributed by atoms with Crippen molar-refractivity contribution in [1.82, 2.24) is 20.1 Å². The van der Waals surface area contributed by atoms with Gasteiger partial charge in [0.1, 0.15) is 12.2 Å². The van der Waals surface area contributed by atoms with Gasteiger partial charge in [-0.05, 0) is 32.7 Å². The van der Waals surface area contributed by atoms with Gasteiger partial charge < -0.3 is 10.1 Å². The van der Waals surface area contributed by atoms with E-state index in [2.05, 4.69) is 22.3 Å². The van der Waals surface area contributed by atoms with Crippen molar-refractivity contribution in [3.63, 3.8) is 0 Å². The molecule has 1 fully saturated rings. The zero-order chi connectivity index (χ0) is 12.3. The Morgan fingerprint density at radius 2 is 2.35 bits per heavy atom. The second kappa shape index (κ2) is 5.60. The lowest BCUT2D eigenvalue weighted by atomic mass is 10.0. The molecule has 0 bridgehead atoms. The summed E-state index contributed by atoms with van der Waals surface area (Å²) in [4.78, 5) is 4.33. The van der Waals surface area contributed by atoms with Crippen LogP contribution in [0.1, 0.15) is 25.6 Å². The van der Waals surface area contributed by atoms with Gasteiger partial charge in [-0.3, -0.25) is 4.68 Å². The minimum Gasteiger partial charge on any atom is -0.380 e. The summed E-state index contributed by atoms with van der Waals surface area (Å²) in [6.45, 7) is 2.95. The first-order valence-electron chi connectivity index (χ1n) is 6.36. The zero-order valence-electron chi connectivity index (χ0n) is 10.9. The molecule has 1 aromatic heterocycles. The van der Waals surface area contributed by atoms with Gasteiger partial charge in [0.25, 0.3) is 0 Å². The van der Waals surface area contributed by atoms with Crippen molar-refractivity contribution in [3.05, 3.63) is 12.2 Å². The van der Waals surface area contributed by atoms with Gasteiger partial charge in [0, 0.05) is 26.1 Å². The molecule has 2 atom stereocenters. The molecule has 2 unspecified atom stereocenters. The number of nitrogens with zero attached hydrogens (tertiary/aromatic N) is 3. The molecular formula is C12H22N4O. The van der Waals surface area contributed by atoms with Gasteiger partial charge in [0.05, 0.1) is 6.10 Å². The van der Waals surface area contributed by atoms with E-state index in [1.54, 1.807) is 13.4 Å². The Morgan fingerprint density at radius 1 is 1.59 bits per heavy atom. The predicted molar refractivity (Wildman–Crippen MR) is 65.8 cm³/mol. The highest BCUT2D eigenvalue weighted by Gasteiger charge is 2.36. The number of ether oxygens (including phenoxy) is 1. The first-order valence-corrected chi connectivity index (χ1v) is 6.36. The van der Waals surface area contributed by atoms with E-state index in [0.29, 0.717) is 12.1 Å². The van der Waals surface area contributed by atoms with Gasteiger partial charge in [-0.1, -0.05) is 0 Å². The monoisotopic (exact) mass is 238 g/mol. The lowest BCUT2D eigenvalue weighted by Gasteiger charge is -2.25. The van der Waals surface area contributed by atoms with Crippen molar-refractivity contribution < 1.29 is 4.74 Å². The Balaban J connectivity index is 2.03. The van der Waals surface area contributed by atoms with Gasteiger partial charge >= 0.3 is 0 Å². The highest BCUT2D eigenvalue weighted by molar-refractivity contribution is 4.97. The molecule has 5 nitrogen and oxygen atoms in total. The maximum atomic E-state index is 5.63. The molecule has 1 aliphatic rings. The van der Waals surface area contributed by atoms with Gasteiger partial charge in [-0.2, -0.15) is 5.10 Å². The average Bonchev–Trinajstić information content (AvgIpc) is 3.08. The van der Waals surface area contributed by atoms with E-state index in [9.17, 15) is 0 Å². The Kier molecular flexibility index (Phi) is 4.12. The highest BCUT2D eigenvalue weighted by atomic mass is 16.5. The maximum absolute atomic E-state index is 5.63. The SMILES string of the molecule is CCn1ncnc1CC(NC)C(OC)C1CC1. The summed E-state index contributed by atoms with van der Waals surface area (Å²) in [6.07, 6.45) is 5.38. The largest absolute Gasteiger partial charge is 0.380 e. The number of methoxy groups -OCH3 is 1. The van der Waals surface area contributed by atoms with Crippen molar-refractivity contribution in [2.45, 2.75) is 44.9 Å². The van der Waals surface area contributed by atoms with Gasteiger partial charge in [-0.15, -0.1) is 0 Å². The molecule has 1 N–H and O–H groups in total. The zero-order valence-corrected chi connectivity index (χ0v) is 10.9. The molecule has 0 radical (unpaired) electrons. The van der Waals surface area contributed by atoms with Crippen LogP contribution in [-0.4, -0.2) is 41.1 Å². The molecule has 1 saturated carbocycles. The second-order valence-corrected chi connectivity index (χ2v) is 4.63. The Labute approximate surface area is 103 Å². The summed E-state index contributed by atoms with van der Waals surface area (Å²) in [6, 6.07) is 0.321. The number of nitrogens with one attached hydrogen (secondary N) is 1. The molecule has 0 aromatic carbocycles. The molecule has 17 heavy (non-hydrogen) atoms. The number of rotatable bonds is 7. The Hall–Kier alpha value is -0.940. The number of hydrogen-bond donors (Lipinski definition) is 1. The first-order chi connectivity index (χ1) is 8.30. The molecular weight excluding hydrogens is 216 g/mol. The van der Waals surface area contributed by atoms with Crippen molar-refractivity contribution in [2.75, 3.05) is 14.2 Å². The summed E-state index contributed by atoms with van der Waals surface area (Å²) < 4.78 is 7.58. The van der Waals surface area contributed by atoms with Crippen molar-refractivity contribution in [2.24, 2.45) is 5.92 Å². The molecule has 96 valence electrons. The van der Waals surface area contributed by atoms with Gasteiger partial charge in [0.15, 0.2) is 0 Å². The molecule has 0 amide bonds. The van der Waals surface area contributed by atoms with Crippen LogP contribution in [0, 0.1) is 5.92 Å². The molecule has 1 aromatic rings. The van der Waals surface area contributed by atoms with Crippen LogP contribution in [-0.2, 0) is 17.7 Å². The fourth-order valence-electron chi connectivity index (χ4n) is 2.40. The van der Waals surface area contributed by atoms with E-state index < -0.39 is 0 Å². The minimum absolute atomic E-state index is 0.294. The van der Waals surface area contributed by atoms with Crippen LogP contribution in [0.25, 0.3) is 0 Å². The van der Waals surface area contributed by atoms with Crippen LogP contribution in [0.15, 0.2) is 6.33 Å². The van der Waals surface area contributed by atoms with Crippen LogP contribution in [0.5, 0.6) is 0 Å². The summed E-state index contributed by atoms with van der Waals surface area (Å²) >= 11 is 0. The Bertz CT molecular complexity index is 348. The maximum Gasteiger partial charge on any atom is 0.138 e. The first kappa shape index (κ1) is 12.5. The number of aryl methyl sites for hydroxylation is 1. The van der Waals surface area contributed by atoms with E-state index >= 15 is 0 Å². The number of aromatic nitrogens is 3. The normalized spacial score (nSPS) is 19.2. The Morgan fingerprint density at radius 3 is 2.88 bits per heavy atom. The standard InChI is InChI=1S/C12H22N4O/c1-4-16-11(14-8-15-16)7-10(13-2)12(17-3)9-5-6-9/h8-10,12-13H,4-7H2,1-3H3. The van der Waals surface area contributed by atoms with Crippen molar-refractivity contribution in [1.29, 1.82) is 0 Å². The molecule has 0 spiro atoms. The predicted octanol–water partition coefficient (Wildman–Crippen LogP) is 0.853. The van der Waals surface area contributed by atoms with Crippen molar-refractivity contribution in [3.8, 4) is 0 Å². The molecule has 0 aliphatic heterocycles. The van der Waals surface area contributed by atoms with E-state index in [0.717, 1.165) is 24.7 Å². The van der Waals surface area contributed by atoms with Crippen LogP contribution in [0.4, 0.5) is 0 Å². The quantitative estimate of drug-likeness (QED) is 0.765. The number of likely N-dealkylation sites (N-methyl/N-ethyl adjacent to an activating group) is 1. The second-order valence-electron chi connectivity index (χ2n) is 4.63. The van der Waals surface area contributed by atoms with Crippen LogP contribution < -0.4 is 5.32 Å². The van der Waals surface area contributed by atoms with E-state index in [4.69, 9.17) is 4.74 Å². The third-order valence-corrected chi connectivity index (χ3v) is 3.52. The molecule has 1 aliphatic carbocycles. The molecule has 2 rings (SSSR count). The summed E-state index contributed by atoms with van der Waals surface area (Å²) in [5.41, 5.74) is 0. The van der Waals surface area contributed by atoms with Crippen LogP contribution >= 0.6 is 0 Å². The highest BCUT2D eigenvalue weighted by Crippen LogP contribution is 2.36. The van der Waals surface area contributed by atoms with E-state index in [1.165, 1.54) is 12.8 Å². The smallest absolute Gasteiger partial charge is 0.138 e. The van der Waals surface area contributed by atoms with E-state index in [1.807, 2.05) is 11.7 Å². The third kappa shape index (κ3) is 2.84. The fraction of sp³-hybridized carbons (Fsp3) is 0.833. The average molecular weight is 238 g/mol. The van der Waals surface area contributed by atoms with Crippen LogP contribution in [0.3, 0.4) is 0 Å². The summed E-state index contributed by atoms with van der Waals surface area (Å²) in [5.74, 6) is 1.75. The topological polar surface area (TPSA) is 52.0 Å². The minimum atomic E-state index is 0.294. The lowest BCUT2D eigenvalue weighted by molar-refractivity contribution is 0.0525. The fourth-order valence-corrected chi connectivity index (χ4v) is 2.40. The molecule has 1 heterocycles. The summed E-state index contributed by atoms with van der Waals surface area (Å²) in [7, 11) is 3.80. The molecule has 5 heteroatoms. The van der Waals surface area contributed by atoms with Crippen molar-refractivity contribution >= 4 is 0 Å². The third-order valence-electron chi connectivity index (χ3n) is 3.52. The number of hydrogen-bond acceptors (Lipinski definition) is 4.